The maximum Gasteiger partial charge on any atom is 0.0485 e. The van der Waals surface area contributed by atoms with Crippen molar-refractivity contribution in [1.29, 1.82) is 0 Å². The van der Waals surface area contributed by atoms with E-state index < -0.39 is 0 Å². The lowest BCUT2D eigenvalue weighted by Gasteiger charge is -2.34. The van der Waals surface area contributed by atoms with Gasteiger partial charge in [0, 0.05) is 37.3 Å². The van der Waals surface area contributed by atoms with Gasteiger partial charge in [-0.2, -0.15) is 0 Å². The van der Waals surface area contributed by atoms with Crippen molar-refractivity contribution in [2.45, 2.75) is 31.1 Å². The van der Waals surface area contributed by atoms with Gasteiger partial charge < -0.3 is 9.64 Å². The Balaban J connectivity index is 2.15. The Kier molecular flexibility index (Phi) is 4.46. The monoisotopic (exact) mass is 297 g/mol. The summed E-state index contributed by atoms with van der Waals surface area (Å²) in [6.07, 6.45) is 2.27. The van der Waals surface area contributed by atoms with E-state index in [9.17, 15) is 0 Å². The topological polar surface area (TPSA) is 12.5 Å². The first kappa shape index (κ1) is 12.9. The SMILES string of the molecule is Cc1cc(CBr)ccc1N(C)C1CCOCC1. The van der Waals surface area contributed by atoms with Gasteiger partial charge in [0.15, 0.2) is 0 Å². The van der Waals surface area contributed by atoms with E-state index in [1.807, 2.05) is 0 Å². The molecule has 0 spiro atoms. The van der Waals surface area contributed by atoms with Crippen molar-refractivity contribution in [1.82, 2.24) is 0 Å². The Labute approximate surface area is 112 Å². The molecule has 1 saturated heterocycles. The minimum absolute atomic E-state index is 0.622. The van der Waals surface area contributed by atoms with Gasteiger partial charge in [0.2, 0.25) is 0 Å². The lowest BCUT2D eigenvalue weighted by atomic mass is 10.0. The van der Waals surface area contributed by atoms with Crippen molar-refractivity contribution in [3.63, 3.8) is 0 Å². The molecule has 0 atom stereocenters. The number of nitrogens with zero attached hydrogens (tertiary/aromatic N) is 1. The van der Waals surface area contributed by atoms with Gasteiger partial charge in [-0.15, -0.1) is 0 Å². The molecule has 1 aliphatic rings. The fraction of sp³-hybridized carbons (Fsp3) is 0.571. The standard InChI is InChI=1S/C14H20BrNO/c1-11-9-12(10-15)3-4-14(11)16(2)13-5-7-17-8-6-13/h3-4,9,13H,5-8,10H2,1-2H3. The van der Waals surface area contributed by atoms with Crippen molar-refractivity contribution in [2.75, 3.05) is 25.2 Å². The van der Waals surface area contributed by atoms with Crippen LogP contribution in [0.3, 0.4) is 0 Å². The molecular formula is C14H20BrNO. The van der Waals surface area contributed by atoms with Crippen LogP contribution in [0.2, 0.25) is 0 Å². The highest BCUT2D eigenvalue weighted by atomic mass is 79.9. The van der Waals surface area contributed by atoms with Crippen molar-refractivity contribution in [3.8, 4) is 0 Å². The second-order valence-corrected chi connectivity index (χ2v) is 5.27. The number of benzene rings is 1. The number of alkyl halides is 1. The smallest absolute Gasteiger partial charge is 0.0485 e. The molecule has 0 bridgehead atoms. The molecule has 0 aliphatic carbocycles. The fourth-order valence-corrected chi connectivity index (χ4v) is 2.81. The second kappa shape index (κ2) is 5.87. The molecular weight excluding hydrogens is 278 g/mol. The summed E-state index contributed by atoms with van der Waals surface area (Å²) in [6, 6.07) is 7.33. The minimum atomic E-state index is 0.622. The van der Waals surface area contributed by atoms with E-state index in [2.05, 4.69) is 53.0 Å². The van der Waals surface area contributed by atoms with E-state index in [0.29, 0.717) is 6.04 Å². The molecule has 3 heteroatoms. The molecule has 1 fully saturated rings. The molecule has 0 amide bonds. The number of anilines is 1. The maximum absolute atomic E-state index is 5.42. The third-order valence-electron chi connectivity index (χ3n) is 3.53. The summed E-state index contributed by atoms with van der Waals surface area (Å²) in [4.78, 5) is 2.41. The predicted molar refractivity (Wildman–Crippen MR) is 76.1 cm³/mol. The number of hydrogen-bond acceptors (Lipinski definition) is 2. The van der Waals surface area contributed by atoms with E-state index >= 15 is 0 Å². The van der Waals surface area contributed by atoms with Gasteiger partial charge in [-0.1, -0.05) is 28.1 Å². The third-order valence-corrected chi connectivity index (χ3v) is 4.18. The zero-order chi connectivity index (χ0) is 12.3. The number of hydrogen-bond donors (Lipinski definition) is 0. The third kappa shape index (κ3) is 3.02. The summed E-state index contributed by atoms with van der Waals surface area (Å²) in [5.74, 6) is 0. The average molecular weight is 298 g/mol. The van der Waals surface area contributed by atoms with Crippen LogP contribution in [0.15, 0.2) is 18.2 Å². The molecule has 0 radical (unpaired) electrons. The molecule has 0 aromatic heterocycles. The first-order chi connectivity index (χ1) is 8.22. The molecule has 0 N–H and O–H groups in total. The Morgan fingerprint density at radius 2 is 2.06 bits per heavy atom. The van der Waals surface area contributed by atoms with Crippen LogP contribution in [0, 0.1) is 6.92 Å². The van der Waals surface area contributed by atoms with E-state index in [4.69, 9.17) is 4.74 Å². The van der Waals surface area contributed by atoms with Gasteiger partial charge in [0.1, 0.15) is 0 Å². The quantitative estimate of drug-likeness (QED) is 0.792. The first-order valence-corrected chi connectivity index (χ1v) is 7.30. The van der Waals surface area contributed by atoms with E-state index in [-0.39, 0.29) is 0 Å². The van der Waals surface area contributed by atoms with E-state index in [1.54, 1.807) is 0 Å². The van der Waals surface area contributed by atoms with Crippen molar-refractivity contribution in [2.24, 2.45) is 0 Å². The van der Waals surface area contributed by atoms with Gasteiger partial charge in [-0.3, -0.25) is 0 Å². The summed E-state index contributed by atoms with van der Waals surface area (Å²) in [5.41, 5.74) is 4.05. The van der Waals surface area contributed by atoms with Crippen LogP contribution in [0.1, 0.15) is 24.0 Å². The fourth-order valence-electron chi connectivity index (χ4n) is 2.47. The van der Waals surface area contributed by atoms with Gasteiger partial charge in [-0.25, -0.2) is 0 Å². The maximum atomic E-state index is 5.42. The second-order valence-electron chi connectivity index (χ2n) is 4.71. The van der Waals surface area contributed by atoms with Gasteiger partial charge in [0.05, 0.1) is 0 Å². The molecule has 2 rings (SSSR count). The lowest BCUT2D eigenvalue weighted by molar-refractivity contribution is 0.0854. The largest absolute Gasteiger partial charge is 0.381 e. The van der Waals surface area contributed by atoms with Crippen LogP contribution in [-0.2, 0) is 10.1 Å². The molecule has 1 aromatic carbocycles. The zero-order valence-corrected chi connectivity index (χ0v) is 12.2. The lowest BCUT2D eigenvalue weighted by Crippen LogP contribution is -2.37. The van der Waals surface area contributed by atoms with E-state index in [1.165, 1.54) is 16.8 Å². The summed E-state index contributed by atoms with van der Waals surface area (Å²) in [5, 5.41) is 0.926. The highest BCUT2D eigenvalue weighted by molar-refractivity contribution is 9.08. The Morgan fingerprint density at radius 1 is 1.35 bits per heavy atom. The Morgan fingerprint density at radius 3 is 2.65 bits per heavy atom. The van der Waals surface area contributed by atoms with Gasteiger partial charge in [0.25, 0.3) is 0 Å². The van der Waals surface area contributed by atoms with Crippen molar-refractivity contribution >= 4 is 21.6 Å². The zero-order valence-electron chi connectivity index (χ0n) is 10.6. The molecule has 17 heavy (non-hydrogen) atoms. The number of halogens is 1. The molecule has 94 valence electrons. The molecule has 0 unspecified atom stereocenters. The number of rotatable bonds is 3. The summed E-state index contributed by atoms with van der Waals surface area (Å²) < 4.78 is 5.42. The van der Waals surface area contributed by atoms with Gasteiger partial charge >= 0.3 is 0 Å². The predicted octanol–water partition coefficient (Wildman–Crippen LogP) is 3.51. The van der Waals surface area contributed by atoms with E-state index in [0.717, 1.165) is 31.4 Å². The van der Waals surface area contributed by atoms with Crippen LogP contribution in [0.5, 0.6) is 0 Å². The van der Waals surface area contributed by atoms with Crippen molar-refractivity contribution in [3.05, 3.63) is 29.3 Å². The summed E-state index contributed by atoms with van der Waals surface area (Å²) in [6.45, 7) is 3.98. The van der Waals surface area contributed by atoms with Crippen LogP contribution < -0.4 is 4.90 Å². The molecule has 1 aliphatic heterocycles. The van der Waals surface area contributed by atoms with Crippen molar-refractivity contribution < 1.29 is 4.74 Å². The molecule has 1 heterocycles. The Hall–Kier alpha value is -0.540. The highest BCUT2D eigenvalue weighted by Crippen LogP contribution is 2.26. The average Bonchev–Trinajstić information content (AvgIpc) is 2.39. The van der Waals surface area contributed by atoms with Crippen LogP contribution in [0.4, 0.5) is 5.69 Å². The summed E-state index contributed by atoms with van der Waals surface area (Å²) >= 11 is 3.50. The molecule has 0 saturated carbocycles. The van der Waals surface area contributed by atoms with Crippen LogP contribution in [-0.4, -0.2) is 26.3 Å². The highest BCUT2D eigenvalue weighted by Gasteiger charge is 2.19. The number of ether oxygens (including phenoxy) is 1. The molecule has 1 aromatic rings. The summed E-state index contributed by atoms with van der Waals surface area (Å²) in [7, 11) is 2.20. The van der Waals surface area contributed by atoms with Crippen LogP contribution in [0.25, 0.3) is 0 Å². The molecule has 2 nitrogen and oxygen atoms in total. The first-order valence-electron chi connectivity index (χ1n) is 6.18. The normalized spacial score (nSPS) is 17.1. The van der Waals surface area contributed by atoms with Gasteiger partial charge in [-0.05, 0) is 37.0 Å². The number of aryl methyl sites for hydroxylation is 1. The van der Waals surface area contributed by atoms with Crippen LogP contribution >= 0.6 is 15.9 Å². The minimum Gasteiger partial charge on any atom is -0.381 e. The Bertz CT molecular complexity index is 374.